The molecule has 9 rings (SSSR count). The van der Waals surface area contributed by atoms with E-state index in [-0.39, 0.29) is 26.8 Å². The van der Waals surface area contributed by atoms with Gasteiger partial charge in [-0.1, -0.05) is 87.2 Å². The number of aromatic nitrogens is 3. The summed E-state index contributed by atoms with van der Waals surface area (Å²) < 4.78 is 15.0. The maximum atomic E-state index is 10.6. The molecule has 0 saturated heterocycles. The molecule has 0 atom stereocenters. The fourth-order valence-electron chi connectivity index (χ4n) is 7.09. The predicted octanol–water partition coefficient (Wildman–Crippen LogP) is 11.3. The smallest absolute Gasteiger partial charge is 0.153 e. The van der Waals surface area contributed by atoms with Crippen molar-refractivity contribution in [2.45, 2.75) is 39.5 Å². The van der Waals surface area contributed by atoms with Gasteiger partial charge in [0.1, 0.15) is 16.8 Å². The number of hydrogen-bond donors (Lipinski definition) is 1. The second-order valence-corrected chi connectivity index (χ2v) is 13.0. The van der Waals surface area contributed by atoms with Crippen molar-refractivity contribution in [3.63, 3.8) is 0 Å². The number of fused-ring (bicyclic) bond motifs is 8. The minimum atomic E-state index is 0. The van der Waals surface area contributed by atoms with Crippen molar-refractivity contribution >= 4 is 55.0 Å². The van der Waals surface area contributed by atoms with E-state index >= 15 is 0 Å². The van der Waals surface area contributed by atoms with Crippen LogP contribution in [0.2, 0.25) is 0 Å². The van der Waals surface area contributed by atoms with Crippen molar-refractivity contribution in [1.82, 2.24) is 14.5 Å². The zero-order chi connectivity index (χ0) is 32.7. The van der Waals surface area contributed by atoms with Gasteiger partial charge < -0.3 is 18.5 Å². The second kappa shape index (κ2) is 11.7. The fraction of sp³-hybridized carbons (Fsp3) is 0.143. The summed E-state index contributed by atoms with van der Waals surface area (Å²) in [6, 6.07) is 37.7. The van der Waals surface area contributed by atoms with Gasteiger partial charge in [-0.3, -0.25) is 4.98 Å². The van der Waals surface area contributed by atoms with E-state index < -0.39 is 0 Å². The van der Waals surface area contributed by atoms with E-state index in [4.69, 9.17) is 18.8 Å². The molecule has 9 aromatic rings. The number of pyridine rings is 1. The van der Waals surface area contributed by atoms with Crippen molar-refractivity contribution in [3.05, 3.63) is 120 Å². The van der Waals surface area contributed by atoms with Crippen LogP contribution in [0.15, 0.2) is 112 Å². The first-order valence-electron chi connectivity index (χ1n) is 16.4. The largest absolute Gasteiger partial charge is 0.507 e. The number of hydrogen-bond acceptors (Lipinski definition) is 5. The molecule has 0 aliphatic rings. The Morgan fingerprint density at radius 3 is 2.06 bits per heavy atom. The number of rotatable bonds is 5. The molecule has 7 heteroatoms. The SMILES string of the molecule is CC(C)c1cccc(C(C)C)c1-n1c(-c2[c-]c3c(cc2)oc2ccc4oc5ccc(-c6ccccc6O)nc5c4c23)nc2ccccc21.[Pt]. The van der Waals surface area contributed by atoms with Gasteiger partial charge in [0.2, 0.25) is 0 Å². The molecule has 6 nitrogen and oxygen atoms in total. The van der Waals surface area contributed by atoms with Crippen molar-refractivity contribution in [3.8, 4) is 34.1 Å². The van der Waals surface area contributed by atoms with Gasteiger partial charge in [-0.15, -0.1) is 12.1 Å². The first kappa shape index (κ1) is 31.1. The van der Waals surface area contributed by atoms with E-state index in [1.165, 1.54) is 16.8 Å². The van der Waals surface area contributed by atoms with Gasteiger partial charge in [-0.2, -0.15) is 0 Å². The Morgan fingerprint density at radius 1 is 0.653 bits per heavy atom. The van der Waals surface area contributed by atoms with Crippen LogP contribution < -0.4 is 0 Å². The van der Waals surface area contributed by atoms with Gasteiger partial charge in [0.15, 0.2) is 5.58 Å². The van der Waals surface area contributed by atoms with Crippen LogP contribution in [-0.2, 0) is 21.1 Å². The minimum Gasteiger partial charge on any atom is -0.507 e. The molecular formula is C42H32N3O3Pt-. The van der Waals surface area contributed by atoms with E-state index in [1.807, 2.05) is 48.5 Å². The van der Waals surface area contributed by atoms with Crippen LogP contribution in [0.5, 0.6) is 5.75 Å². The topological polar surface area (TPSA) is 77.2 Å². The summed E-state index contributed by atoms with van der Waals surface area (Å²) in [7, 11) is 0. The molecule has 0 saturated carbocycles. The summed E-state index contributed by atoms with van der Waals surface area (Å²) >= 11 is 0. The van der Waals surface area contributed by atoms with E-state index in [9.17, 15) is 5.11 Å². The Balaban J connectivity index is 0.00000348. The zero-order valence-electron chi connectivity index (χ0n) is 27.4. The van der Waals surface area contributed by atoms with Crippen molar-refractivity contribution in [1.29, 1.82) is 0 Å². The van der Waals surface area contributed by atoms with E-state index in [1.54, 1.807) is 12.1 Å². The summed E-state index contributed by atoms with van der Waals surface area (Å²) in [6.45, 7) is 8.99. The van der Waals surface area contributed by atoms with Gasteiger partial charge in [0.25, 0.3) is 0 Å². The fourth-order valence-corrected chi connectivity index (χ4v) is 7.09. The third-order valence-corrected chi connectivity index (χ3v) is 9.37. The van der Waals surface area contributed by atoms with Crippen molar-refractivity contribution < 1.29 is 35.0 Å². The second-order valence-electron chi connectivity index (χ2n) is 13.0. The molecule has 244 valence electrons. The third-order valence-electron chi connectivity index (χ3n) is 9.37. The van der Waals surface area contributed by atoms with Crippen LogP contribution in [-0.4, -0.2) is 19.6 Å². The molecule has 4 heterocycles. The first-order valence-corrected chi connectivity index (χ1v) is 16.4. The molecule has 1 N–H and O–H groups in total. The Morgan fingerprint density at radius 2 is 1.31 bits per heavy atom. The molecule has 0 spiro atoms. The van der Waals surface area contributed by atoms with Gasteiger partial charge in [-0.25, -0.2) is 4.98 Å². The average molecular weight is 822 g/mol. The van der Waals surface area contributed by atoms with Crippen molar-refractivity contribution in [2.75, 3.05) is 0 Å². The summed E-state index contributed by atoms with van der Waals surface area (Å²) in [5.41, 5.74) is 11.4. The maximum Gasteiger partial charge on any atom is 0.153 e. The van der Waals surface area contributed by atoms with Crippen LogP contribution >= 0.6 is 0 Å². The van der Waals surface area contributed by atoms with Crippen LogP contribution in [0.25, 0.3) is 83.4 Å². The molecule has 0 radical (unpaired) electrons. The summed E-state index contributed by atoms with van der Waals surface area (Å²) in [5, 5.41) is 13.2. The normalized spacial score (nSPS) is 12.0. The summed E-state index contributed by atoms with van der Waals surface area (Å²) in [5.74, 6) is 1.63. The standard InChI is InChI=1S/C42H32N3O3.Pt/c1-23(2)26-11-9-12-27(24(3)4)41(26)45-32-14-7-6-13-31(32)44-42(45)25-16-18-34-29(22-25)38-35(47-34)20-21-36-39(38)40-37(48-36)19-17-30(43-40)28-10-5-8-15-33(28)46;/h5-21,23-24,46H,1-4H3;/q-1;. The van der Waals surface area contributed by atoms with Crippen LogP contribution in [0, 0.1) is 6.07 Å². The Bertz CT molecular complexity index is 2690. The van der Waals surface area contributed by atoms with Gasteiger partial charge >= 0.3 is 0 Å². The minimum absolute atomic E-state index is 0. The van der Waals surface area contributed by atoms with E-state index in [2.05, 4.69) is 80.8 Å². The molecule has 0 aliphatic carbocycles. The number of phenols is 1. The van der Waals surface area contributed by atoms with Gasteiger partial charge in [-0.05, 0) is 76.9 Å². The molecular weight excluding hydrogens is 790 g/mol. The molecule has 0 amide bonds. The summed E-state index contributed by atoms with van der Waals surface area (Å²) in [4.78, 5) is 10.3. The Kier molecular flexibility index (Phi) is 7.46. The quantitative estimate of drug-likeness (QED) is 0.175. The monoisotopic (exact) mass is 821 g/mol. The molecule has 0 aliphatic heterocycles. The number of benzene rings is 5. The summed E-state index contributed by atoms with van der Waals surface area (Å²) in [6.07, 6.45) is 0. The molecule has 0 bridgehead atoms. The Labute approximate surface area is 297 Å². The average Bonchev–Trinajstić information content (AvgIpc) is 3.78. The van der Waals surface area contributed by atoms with Gasteiger partial charge in [0.05, 0.1) is 33.7 Å². The number of furan rings is 2. The molecule has 5 aromatic carbocycles. The first-order chi connectivity index (χ1) is 23.4. The van der Waals surface area contributed by atoms with Gasteiger partial charge in [0, 0.05) is 37.7 Å². The molecule has 4 aromatic heterocycles. The predicted molar refractivity (Wildman–Crippen MR) is 193 cm³/mol. The maximum absolute atomic E-state index is 10.6. The molecule has 0 unspecified atom stereocenters. The van der Waals surface area contributed by atoms with Crippen LogP contribution in [0.4, 0.5) is 0 Å². The van der Waals surface area contributed by atoms with Crippen LogP contribution in [0.3, 0.4) is 0 Å². The number of phenolic OH excluding ortho intramolecular Hbond substituents is 1. The number of para-hydroxylation sites is 4. The number of nitrogens with zero attached hydrogens (tertiary/aromatic N) is 3. The zero-order valence-corrected chi connectivity index (χ0v) is 29.7. The third kappa shape index (κ3) is 4.80. The number of imidazole rings is 1. The molecule has 0 fully saturated rings. The van der Waals surface area contributed by atoms with E-state index in [0.29, 0.717) is 39.8 Å². The molecule has 49 heavy (non-hydrogen) atoms. The van der Waals surface area contributed by atoms with Crippen molar-refractivity contribution in [2.24, 2.45) is 0 Å². The van der Waals surface area contributed by atoms with Crippen LogP contribution in [0.1, 0.15) is 50.7 Å². The van der Waals surface area contributed by atoms with E-state index in [0.717, 1.165) is 49.7 Å². The number of aromatic hydroxyl groups is 1. The Hall–Kier alpha value is -5.19.